The van der Waals surface area contributed by atoms with Crippen LogP contribution >= 0.6 is 11.6 Å². The van der Waals surface area contributed by atoms with Gasteiger partial charge in [-0.25, -0.2) is 12.8 Å². The van der Waals surface area contributed by atoms with Crippen LogP contribution in [0.2, 0.25) is 5.02 Å². The molecule has 2 aromatic rings. The highest BCUT2D eigenvalue weighted by Crippen LogP contribution is 2.30. The maximum absolute atomic E-state index is 13.7. The van der Waals surface area contributed by atoms with Crippen molar-refractivity contribution >= 4 is 27.3 Å². The Morgan fingerprint density at radius 2 is 1.80 bits per heavy atom. The molecule has 0 saturated heterocycles. The van der Waals surface area contributed by atoms with Gasteiger partial charge in [-0.3, -0.25) is 0 Å². The Hall–Kier alpha value is -1.63. The minimum atomic E-state index is -4.11. The van der Waals surface area contributed by atoms with Crippen LogP contribution in [0.5, 0.6) is 0 Å². The molecule has 0 atom stereocenters. The third-order valence-corrected chi connectivity index (χ3v) is 4.19. The van der Waals surface area contributed by atoms with E-state index >= 15 is 0 Å². The van der Waals surface area contributed by atoms with Gasteiger partial charge in [-0.05, 0) is 24.3 Å². The minimum absolute atomic E-state index is 0.189. The highest BCUT2D eigenvalue weighted by Gasteiger charge is 2.12. The zero-order valence-corrected chi connectivity index (χ0v) is 12.0. The first-order valence-electron chi connectivity index (χ1n) is 5.73. The van der Waals surface area contributed by atoms with Crippen LogP contribution in [0.15, 0.2) is 47.4 Å². The van der Waals surface area contributed by atoms with Gasteiger partial charge in [0.05, 0.1) is 11.4 Å². The van der Waals surface area contributed by atoms with E-state index in [-0.39, 0.29) is 5.69 Å². The molecule has 0 fully saturated rings. The lowest BCUT2D eigenvalue weighted by Crippen LogP contribution is -2.47. The molecule has 4 nitrogen and oxygen atoms in total. The van der Waals surface area contributed by atoms with Gasteiger partial charge < -0.3 is 10.5 Å². The van der Waals surface area contributed by atoms with Gasteiger partial charge in [-0.2, -0.15) is 0 Å². The first kappa shape index (κ1) is 14.8. The Morgan fingerprint density at radius 1 is 1.15 bits per heavy atom. The summed E-state index contributed by atoms with van der Waals surface area (Å²) < 4.78 is 41.5. The van der Waals surface area contributed by atoms with Crippen LogP contribution in [-0.4, -0.2) is 8.42 Å². The highest BCUT2D eigenvalue weighted by molar-refractivity contribution is 7.94. The summed E-state index contributed by atoms with van der Waals surface area (Å²) in [5.41, 5.74) is 4.45. The van der Waals surface area contributed by atoms with Gasteiger partial charge in [-0.1, -0.05) is 29.8 Å². The number of nitrogens with zero attached hydrogens (tertiary/aromatic N) is 1. The lowest BCUT2D eigenvalue weighted by Gasteiger charge is -2.22. The lowest BCUT2D eigenvalue weighted by atomic mass is 10.2. The molecule has 0 saturated carbocycles. The van der Waals surface area contributed by atoms with Gasteiger partial charge >= 0.3 is 0 Å². The average molecular weight is 315 g/mol. The van der Waals surface area contributed by atoms with E-state index in [9.17, 15) is 12.8 Å². The monoisotopic (exact) mass is 314 g/mol. The summed E-state index contributed by atoms with van der Waals surface area (Å²) in [4.78, 5) is -0.450. The Balaban J connectivity index is 2.37. The molecule has 0 aliphatic carbocycles. The number of rotatable bonds is 4. The first-order chi connectivity index (χ1) is 9.42. The molecule has 0 radical (unpaired) electrons. The Labute approximate surface area is 121 Å². The molecular formula is C13H12ClFN2O2S. The van der Waals surface area contributed by atoms with Crippen molar-refractivity contribution in [2.45, 2.75) is 11.4 Å². The third kappa shape index (κ3) is 3.27. The van der Waals surface area contributed by atoms with Crippen LogP contribution in [0.4, 0.5) is 10.1 Å². The van der Waals surface area contributed by atoms with Gasteiger partial charge in [-0.15, -0.1) is 5.69 Å². The summed E-state index contributed by atoms with van der Waals surface area (Å²) in [6, 6.07) is 9.76. The molecule has 2 aromatic carbocycles. The maximum Gasteiger partial charge on any atom is 0.140 e. The summed E-state index contributed by atoms with van der Waals surface area (Å²) in [6.07, 6.45) is 0. The van der Waals surface area contributed by atoms with Crippen LogP contribution in [0.3, 0.4) is 0 Å². The van der Waals surface area contributed by atoms with E-state index in [1.54, 1.807) is 0 Å². The molecule has 0 aromatic heterocycles. The predicted octanol–water partition coefficient (Wildman–Crippen LogP) is 2.62. The van der Waals surface area contributed by atoms with E-state index < -0.39 is 20.7 Å². The smallest absolute Gasteiger partial charge is 0.140 e. The van der Waals surface area contributed by atoms with Crippen LogP contribution in [0.25, 0.3) is 4.72 Å². The SMILES string of the molecule is [NH3+]Cc1ccc(F)c(S(=O)(=O)[N-]c2ccc(Cl)cc2)c1. The molecule has 3 N–H and O–H groups in total. The normalized spacial score (nSPS) is 11.3. The fourth-order valence-corrected chi connectivity index (χ4v) is 2.83. The van der Waals surface area contributed by atoms with E-state index in [4.69, 9.17) is 11.6 Å². The quantitative estimate of drug-likeness (QED) is 0.941. The molecule has 0 spiro atoms. The van der Waals surface area contributed by atoms with Crippen molar-refractivity contribution in [2.24, 2.45) is 0 Å². The van der Waals surface area contributed by atoms with Gasteiger partial charge in [0.1, 0.15) is 15.8 Å². The molecule has 0 aliphatic rings. The van der Waals surface area contributed by atoms with E-state index in [0.717, 1.165) is 6.07 Å². The molecule has 0 amide bonds. The zero-order valence-electron chi connectivity index (χ0n) is 10.4. The maximum atomic E-state index is 13.7. The zero-order chi connectivity index (χ0) is 14.8. The van der Waals surface area contributed by atoms with Crippen LogP contribution in [0.1, 0.15) is 5.56 Å². The average Bonchev–Trinajstić information content (AvgIpc) is 2.41. The second kappa shape index (κ2) is 5.78. The van der Waals surface area contributed by atoms with Crippen molar-refractivity contribution < 1.29 is 18.5 Å². The van der Waals surface area contributed by atoms with Crippen molar-refractivity contribution in [1.29, 1.82) is 0 Å². The summed E-state index contributed by atoms with van der Waals surface area (Å²) in [5, 5.41) is 0.464. The molecule has 0 unspecified atom stereocenters. The molecule has 20 heavy (non-hydrogen) atoms. The molecule has 0 aliphatic heterocycles. The molecule has 0 heterocycles. The van der Waals surface area contributed by atoms with Crippen molar-refractivity contribution in [3.63, 3.8) is 0 Å². The Kier molecular flexibility index (Phi) is 4.27. The lowest BCUT2D eigenvalue weighted by molar-refractivity contribution is -0.386. The Morgan fingerprint density at radius 3 is 2.40 bits per heavy atom. The van der Waals surface area contributed by atoms with Crippen LogP contribution < -0.4 is 5.73 Å². The van der Waals surface area contributed by atoms with Gasteiger partial charge in [0.25, 0.3) is 0 Å². The van der Waals surface area contributed by atoms with Crippen molar-refractivity contribution in [3.05, 3.63) is 63.6 Å². The molecule has 106 valence electrons. The minimum Gasteiger partial charge on any atom is -0.573 e. The fraction of sp³-hybridized carbons (Fsp3) is 0.0769. The summed E-state index contributed by atoms with van der Waals surface area (Å²) in [5.74, 6) is -0.833. The topological polar surface area (TPSA) is 75.9 Å². The fourth-order valence-electron chi connectivity index (χ4n) is 1.59. The summed E-state index contributed by atoms with van der Waals surface area (Å²) in [6.45, 7) is 0.365. The number of hydrogen-bond acceptors (Lipinski definition) is 2. The van der Waals surface area contributed by atoms with Crippen molar-refractivity contribution in [2.75, 3.05) is 0 Å². The largest absolute Gasteiger partial charge is 0.573 e. The van der Waals surface area contributed by atoms with Crippen LogP contribution in [-0.2, 0) is 16.6 Å². The predicted molar refractivity (Wildman–Crippen MR) is 74.6 cm³/mol. The van der Waals surface area contributed by atoms with Gasteiger partial charge in [0, 0.05) is 10.6 Å². The van der Waals surface area contributed by atoms with Gasteiger partial charge in [0.15, 0.2) is 0 Å². The molecule has 0 bridgehead atoms. The standard InChI is InChI=1S/C13H11ClFN2O2S/c14-10-2-4-11(5-3-10)17-20(18,19)13-7-9(8-16)1-6-12(13)15/h1-7H,8,16H2/q-1/p+1. The van der Waals surface area contributed by atoms with Crippen LogP contribution in [0, 0.1) is 5.82 Å². The highest BCUT2D eigenvalue weighted by atomic mass is 35.5. The first-order valence-corrected chi connectivity index (χ1v) is 7.55. The Bertz CT molecular complexity index is 718. The second-order valence-electron chi connectivity index (χ2n) is 4.06. The van der Waals surface area contributed by atoms with Crippen molar-refractivity contribution in [1.82, 2.24) is 0 Å². The van der Waals surface area contributed by atoms with E-state index in [1.165, 1.54) is 36.4 Å². The number of hydrogen-bond donors (Lipinski definition) is 1. The third-order valence-electron chi connectivity index (χ3n) is 2.61. The molecule has 2 rings (SSSR count). The molecule has 7 heteroatoms. The number of quaternary nitrogens is 1. The number of sulfonamides is 1. The van der Waals surface area contributed by atoms with E-state index in [1.807, 2.05) is 0 Å². The van der Waals surface area contributed by atoms with Crippen molar-refractivity contribution in [3.8, 4) is 0 Å². The summed E-state index contributed by atoms with van der Waals surface area (Å²) in [7, 11) is -4.11. The number of halogens is 2. The number of benzene rings is 2. The molecular weight excluding hydrogens is 303 g/mol. The van der Waals surface area contributed by atoms with E-state index in [2.05, 4.69) is 10.5 Å². The van der Waals surface area contributed by atoms with E-state index in [0.29, 0.717) is 17.1 Å². The van der Waals surface area contributed by atoms with Gasteiger partial charge in [0.2, 0.25) is 0 Å². The second-order valence-corrected chi connectivity index (χ2v) is 6.07. The summed E-state index contributed by atoms with van der Waals surface area (Å²) >= 11 is 5.71.